The molecule has 0 saturated carbocycles. The van der Waals surface area contributed by atoms with Gasteiger partial charge in [-0.2, -0.15) is 0 Å². The molecule has 3 aromatic rings. The molecule has 0 aromatic carbocycles. The van der Waals surface area contributed by atoms with Crippen LogP contribution in [0.3, 0.4) is 0 Å². The number of nitrogens with two attached hydrogens (primary N) is 1. The van der Waals surface area contributed by atoms with E-state index in [0.29, 0.717) is 24.2 Å². The highest BCUT2D eigenvalue weighted by Crippen LogP contribution is 2.32. The first-order valence-electron chi connectivity index (χ1n) is 11.6. The van der Waals surface area contributed by atoms with E-state index in [9.17, 15) is 9.50 Å². The van der Waals surface area contributed by atoms with E-state index in [1.54, 1.807) is 13.2 Å². The molecule has 3 heterocycles. The van der Waals surface area contributed by atoms with Crippen molar-refractivity contribution in [2.45, 2.75) is 46.8 Å². The zero-order valence-electron chi connectivity index (χ0n) is 21.3. The molecule has 3 aromatic heterocycles. The predicted molar refractivity (Wildman–Crippen MR) is 135 cm³/mol. The Balaban J connectivity index is 1.91. The Morgan fingerprint density at radius 3 is 2.69 bits per heavy atom. The van der Waals surface area contributed by atoms with Crippen molar-refractivity contribution in [1.82, 2.24) is 19.7 Å². The lowest BCUT2D eigenvalue weighted by molar-refractivity contribution is -0.419. The van der Waals surface area contributed by atoms with E-state index in [2.05, 4.69) is 20.3 Å². The minimum absolute atomic E-state index is 0.117. The van der Waals surface area contributed by atoms with Crippen molar-refractivity contribution in [3.8, 4) is 16.9 Å². The standard InChI is InChI=1S/C26H35FN6O2/c1-16(30-6)19(23(28)25(34)26(2,3)4)9-10-35-24-20(13-31-14-21(24)27)17-7-8-22-32-12-18(11-29-5)33(22)15-17/h7-8,12-15,25,29,34H,9-11,28H2,1-6H3/p+1/b23-19-,30-16?. The zero-order chi connectivity index (χ0) is 25.8. The van der Waals surface area contributed by atoms with Gasteiger partial charge in [-0.15, -0.1) is 0 Å². The molecule has 0 radical (unpaired) electrons. The number of nitrogens with one attached hydrogen (secondary N) is 2. The molecule has 1 atom stereocenters. The maximum absolute atomic E-state index is 14.9. The number of aromatic nitrogens is 3. The van der Waals surface area contributed by atoms with E-state index in [-0.39, 0.29) is 12.4 Å². The summed E-state index contributed by atoms with van der Waals surface area (Å²) < 4.78 is 22.8. The molecular weight excluding hydrogens is 447 g/mol. The topological polar surface area (TPSA) is 112 Å². The number of ether oxygens (including phenoxy) is 1. The fraction of sp³-hybridized carbons (Fsp3) is 0.423. The molecule has 0 aliphatic heterocycles. The number of imidazole rings is 1. The summed E-state index contributed by atoms with van der Waals surface area (Å²) in [6, 6.07) is 3.75. The highest BCUT2D eigenvalue weighted by molar-refractivity contribution is 5.94. The monoisotopic (exact) mass is 483 g/mol. The van der Waals surface area contributed by atoms with E-state index in [1.165, 1.54) is 0 Å². The Labute approximate surface area is 205 Å². The van der Waals surface area contributed by atoms with Crippen LogP contribution in [0.1, 0.15) is 39.8 Å². The summed E-state index contributed by atoms with van der Waals surface area (Å²) in [5.74, 6) is -0.433. The van der Waals surface area contributed by atoms with E-state index < -0.39 is 17.3 Å². The third-order valence-electron chi connectivity index (χ3n) is 5.99. The Morgan fingerprint density at radius 1 is 1.29 bits per heavy atom. The average Bonchev–Trinajstić information content (AvgIpc) is 3.23. The van der Waals surface area contributed by atoms with Crippen LogP contribution in [0.2, 0.25) is 0 Å². The summed E-state index contributed by atoms with van der Waals surface area (Å²) in [6.45, 7) is 8.46. The number of hydrogen-bond acceptors (Lipinski definition) is 6. The second-order valence-electron chi connectivity index (χ2n) is 9.60. The number of nitrogens with zero attached hydrogens (tertiary/aromatic N) is 3. The molecule has 0 amide bonds. The van der Waals surface area contributed by atoms with Crippen molar-refractivity contribution >= 4 is 11.4 Å². The molecule has 0 bridgehead atoms. The van der Waals surface area contributed by atoms with Gasteiger partial charge in [-0.1, -0.05) is 20.8 Å². The number of aliphatic hydroxyl groups is 1. The molecule has 188 valence electrons. The maximum Gasteiger partial charge on any atom is 0.183 e. The summed E-state index contributed by atoms with van der Waals surface area (Å²) in [7, 11) is 3.66. The number of halogens is 1. The summed E-state index contributed by atoms with van der Waals surface area (Å²) in [4.78, 5) is 11.5. The zero-order valence-corrected chi connectivity index (χ0v) is 21.3. The number of fused-ring (bicyclic) bond motifs is 1. The molecule has 0 aliphatic carbocycles. The third-order valence-corrected chi connectivity index (χ3v) is 5.99. The number of aliphatic hydroxyl groups excluding tert-OH is 1. The molecule has 9 heteroatoms. The molecule has 3 rings (SSSR count). The minimum Gasteiger partial charge on any atom is -0.489 e. The summed E-state index contributed by atoms with van der Waals surface area (Å²) in [5, 5.41) is 13.8. The predicted octanol–water partition coefficient (Wildman–Crippen LogP) is 1.81. The second-order valence-corrected chi connectivity index (χ2v) is 9.60. The third kappa shape index (κ3) is 5.86. The largest absolute Gasteiger partial charge is 0.489 e. The molecule has 5 N–H and O–H groups in total. The lowest BCUT2D eigenvalue weighted by Crippen LogP contribution is -2.67. The van der Waals surface area contributed by atoms with Crippen LogP contribution in [-0.2, 0) is 6.54 Å². The van der Waals surface area contributed by atoms with Gasteiger partial charge in [-0.3, -0.25) is 4.98 Å². The van der Waals surface area contributed by atoms with Crippen LogP contribution in [0.5, 0.6) is 5.75 Å². The molecule has 8 nitrogen and oxygen atoms in total. The van der Waals surface area contributed by atoms with Crippen LogP contribution in [0.15, 0.2) is 48.2 Å². The van der Waals surface area contributed by atoms with Gasteiger partial charge >= 0.3 is 0 Å². The summed E-state index contributed by atoms with van der Waals surface area (Å²) in [5.41, 5.74) is 11.0. The van der Waals surface area contributed by atoms with Gasteiger partial charge in [0.1, 0.15) is 12.7 Å². The van der Waals surface area contributed by atoms with Gasteiger partial charge in [0.25, 0.3) is 0 Å². The van der Waals surface area contributed by atoms with Crippen LogP contribution >= 0.6 is 0 Å². The van der Waals surface area contributed by atoms with Crippen molar-refractivity contribution in [3.63, 3.8) is 0 Å². The first kappa shape index (κ1) is 26.3. The first-order valence-corrected chi connectivity index (χ1v) is 11.6. The van der Waals surface area contributed by atoms with E-state index in [4.69, 9.17) is 10.5 Å². The van der Waals surface area contributed by atoms with Crippen LogP contribution in [-0.4, -0.2) is 52.0 Å². The van der Waals surface area contributed by atoms with Gasteiger partial charge < -0.3 is 25.3 Å². The Bertz CT molecular complexity index is 1240. The van der Waals surface area contributed by atoms with Crippen molar-refractivity contribution < 1.29 is 19.2 Å². The van der Waals surface area contributed by atoms with Crippen LogP contribution in [0, 0.1) is 11.2 Å². The Morgan fingerprint density at radius 2 is 2.03 bits per heavy atom. The Kier molecular flexibility index (Phi) is 8.24. The molecule has 1 unspecified atom stereocenters. The van der Waals surface area contributed by atoms with Gasteiger partial charge in [0, 0.05) is 54.7 Å². The lowest BCUT2D eigenvalue weighted by Gasteiger charge is -2.27. The molecule has 0 spiro atoms. The number of rotatable bonds is 9. The second kappa shape index (κ2) is 11.0. The summed E-state index contributed by atoms with van der Waals surface area (Å²) in [6.07, 6.45) is 6.00. The highest BCUT2D eigenvalue weighted by Gasteiger charge is 2.28. The summed E-state index contributed by atoms with van der Waals surface area (Å²) >= 11 is 0. The van der Waals surface area contributed by atoms with Crippen molar-refractivity contribution in [1.29, 1.82) is 0 Å². The number of pyridine rings is 2. The Hall–Kier alpha value is -3.30. The SMILES string of the molecule is CNCc1cnc2ccc(-c3cncc(F)c3OCC/C(C(C)=[NH+]C)=C(/N)C(O)C(C)(C)C)cn12. The molecule has 0 saturated heterocycles. The van der Waals surface area contributed by atoms with E-state index >= 15 is 0 Å². The molecule has 0 aliphatic rings. The minimum atomic E-state index is -0.831. The van der Waals surface area contributed by atoms with Gasteiger partial charge in [-0.25, -0.2) is 14.4 Å². The fourth-order valence-corrected chi connectivity index (χ4v) is 3.86. The number of hydrogen-bond donors (Lipinski definition) is 4. The van der Waals surface area contributed by atoms with E-state index in [1.807, 2.05) is 63.7 Å². The molecule has 0 fully saturated rings. The lowest BCUT2D eigenvalue weighted by atomic mass is 9.85. The fourth-order valence-electron chi connectivity index (χ4n) is 3.86. The first-order chi connectivity index (χ1) is 16.6. The average molecular weight is 484 g/mol. The quantitative estimate of drug-likeness (QED) is 0.346. The smallest absolute Gasteiger partial charge is 0.183 e. The maximum atomic E-state index is 14.9. The van der Waals surface area contributed by atoms with Crippen LogP contribution in [0.25, 0.3) is 16.8 Å². The van der Waals surface area contributed by atoms with E-state index in [0.717, 1.165) is 34.4 Å². The van der Waals surface area contributed by atoms with Crippen molar-refractivity contribution in [2.75, 3.05) is 20.7 Å². The van der Waals surface area contributed by atoms with Crippen molar-refractivity contribution in [3.05, 3.63) is 59.7 Å². The normalized spacial score (nSPS) is 14.2. The van der Waals surface area contributed by atoms with Gasteiger partial charge in [0.15, 0.2) is 17.3 Å². The van der Waals surface area contributed by atoms with Crippen molar-refractivity contribution in [2.24, 2.45) is 11.1 Å². The highest BCUT2D eigenvalue weighted by atomic mass is 19.1. The van der Waals surface area contributed by atoms with Crippen LogP contribution < -0.4 is 20.8 Å². The van der Waals surface area contributed by atoms with Gasteiger partial charge in [0.05, 0.1) is 30.8 Å². The van der Waals surface area contributed by atoms with Gasteiger partial charge in [-0.05, 0) is 24.6 Å². The van der Waals surface area contributed by atoms with Gasteiger partial charge in [0.2, 0.25) is 0 Å². The molecular formula is C26H36FN6O2+. The van der Waals surface area contributed by atoms with Crippen LogP contribution in [0.4, 0.5) is 4.39 Å². The molecule has 35 heavy (non-hydrogen) atoms.